The van der Waals surface area contributed by atoms with Crippen LogP contribution in [0.4, 0.5) is 0 Å². The van der Waals surface area contributed by atoms with Crippen LogP contribution < -0.4 is 14.2 Å². The lowest BCUT2D eigenvalue weighted by atomic mass is 10.1. The monoisotopic (exact) mass is 330 g/mol. The number of ether oxygens (including phenoxy) is 4. The van der Waals surface area contributed by atoms with E-state index in [9.17, 15) is 9.59 Å². The zero-order valence-electron chi connectivity index (χ0n) is 13.7. The van der Waals surface area contributed by atoms with Crippen LogP contribution in [0.3, 0.4) is 0 Å². The number of ketones is 1. The van der Waals surface area contributed by atoms with Crippen LogP contribution in [0.1, 0.15) is 27.6 Å². The minimum Gasteiger partial charge on any atom is -0.497 e. The van der Waals surface area contributed by atoms with E-state index < -0.39 is 5.97 Å². The standard InChI is InChI=1S/C18H18O6/c1-12(19)16-9-8-15(23-11-21-2)10-17(16)24-18(20)13-4-6-14(22-3)7-5-13/h4-10H,11H2,1-3H3. The van der Waals surface area contributed by atoms with Crippen molar-refractivity contribution in [1.29, 1.82) is 0 Å². The molecule has 0 bridgehead atoms. The fourth-order valence-corrected chi connectivity index (χ4v) is 1.98. The molecule has 24 heavy (non-hydrogen) atoms. The SMILES string of the molecule is COCOc1ccc(C(C)=O)c(OC(=O)c2ccc(OC)cc2)c1. The highest BCUT2D eigenvalue weighted by atomic mass is 16.7. The van der Waals surface area contributed by atoms with Gasteiger partial charge in [-0.15, -0.1) is 0 Å². The molecule has 0 aliphatic carbocycles. The van der Waals surface area contributed by atoms with Crippen LogP contribution in [0.2, 0.25) is 0 Å². The Labute approximate surface area is 139 Å². The molecule has 0 saturated heterocycles. The first-order chi connectivity index (χ1) is 11.5. The Bertz CT molecular complexity index is 721. The number of methoxy groups -OCH3 is 2. The highest BCUT2D eigenvalue weighted by Crippen LogP contribution is 2.26. The van der Waals surface area contributed by atoms with Crippen molar-refractivity contribution < 1.29 is 28.5 Å². The highest BCUT2D eigenvalue weighted by molar-refractivity contribution is 5.99. The van der Waals surface area contributed by atoms with Gasteiger partial charge < -0.3 is 18.9 Å². The molecule has 126 valence electrons. The topological polar surface area (TPSA) is 71.1 Å². The summed E-state index contributed by atoms with van der Waals surface area (Å²) < 4.78 is 20.5. The third-order valence-corrected chi connectivity index (χ3v) is 3.20. The molecule has 0 saturated carbocycles. The average molecular weight is 330 g/mol. The van der Waals surface area contributed by atoms with Gasteiger partial charge in [0.05, 0.1) is 18.2 Å². The van der Waals surface area contributed by atoms with Crippen LogP contribution in [-0.2, 0) is 4.74 Å². The lowest BCUT2D eigenvalue weighted by Gasteiger charge is -2.11. The van der Waals surface area contributed by atoms with Crippen molar-refractivity contribution in [2.24, 2.45) is 0 Å². The molecule has 0 amide bonds. The number of benzene rings is 2. The molecule has 0 heterocycles. The quantitative estimate of drug-likeness (QED) is 0.336. The first kappa shape index (κ1) is 17.5. The molecular formula is C18H18O6. The Hall–Kier alpha value is -2.86. The summed E-state index contributed by atoms with van der Waals surface area (Å²) in [5.41, 5.74) is 0.634. The van der Waals surface area contributed by atoms with Gasteiger partial charge in [-0.3, -0.25) is 4.79 Å². The Balaban J connectivity index is 2.24. The van der Waals surface area contributed by atoms with Gasteiger partial charge >= 0.3 is 5.97 Å². The molecule has 6 heteroatoms. The van der Waals surface area contributed by atoms with Gasteiger partial charge in [-0.1, -0.05) is 0 Å². The molecule has 2 aromatic carbocycles. The third kappa shape index (κ3) is 4.33. The Kier molecular flexibility index (Phi) is 5.92. The second kappa shape index (κ2) is 8.12. The predicted molar refractivity (Wildman–Crippen MR) is 86.9 cm³/mol. The summed E-state index contributed by atoms with van der Waals surface area (Å²) in [5, 5.41) is 0. The van der Waals surface area contributed by atoms with Crippen LogP contribution in [0, 0.1) is 0 Å². The summed E-state index contributed by atoms with van der Waals surface area (Å²) in [6, 6.07) is 11.1. The van der Waals surface area contributed by atoms with Gasteiger partial charge in [-0.2, -0.15) is 0 Å². The van der Waals surface area contributed by atoms with Gasteiger partial charge in [0.25, 0.3) is 0 Å². The molecule has 0 N–H and O–H groups in total. The minimum atomic E-state index is -0.580. The molecule has 0 unspecified atom stereocenters. The van der Waals surface area contributed by atoms with Gasteiger partial charge in [0.1, 0.15) is 17.2 Å². The van der Waals surface area contributed by atoms with E-state index in [2.05, 4.69) is 0 Å². The van der Waals surface area contributed by atoms with Gasteiger partial charge in [0.2, 0.25) is 0 Å². The van der Waals surface area contributed by atoms with Crippen LogP contribution >= 0.6 is 0 Å². The summed E-state index contributed by atoms with van der Waals surface area (Å²) in [6.45, 7) is 1.45. The van der Waals surface area contributed by atoms with E-state index in [0.29, 0.717) is 22.6 Å². The van der Waals surface area contributed by atoms with Crippen LogP contribution in [0.5, 0.6) is 17.2 Å². The van der Waals surface area contributed by atoms with Gasteiger partial charge in [0.15, 0.2) is 12.6 Å². The maximum Gasteiger partial charge on any atom is 0.343 e. The molecule has 0 atom stereocenters. The minimum absolute atomic E-state index is 0.0469. The second-order valence-electron chi connectivity index (χ2n) is 4.88. The number of Topliss-reactive ketones (excluding diaryl/α,β-unsaturated/α-hetero) is 1. The molecule has 2 aromatic rings. The summed E-state index contributed by atoms with van der Waals surface area (Å²) in [7, 11) is 3.03. The summed E-state index contributed by atoms with van der Waals surface area (Å²) in [5.74, 6) is 0.400. The zero-order valence-corrected chi connectivity index (χ0v) is 13.7. The van der Waals surface area contributed by atoms with Gasteiger partial charge in [0, 0.05) is 13.2 Å². The van der Waals surface area contributed by atoms with Crippen molar-refractivity contribution in [1.82, 2.24) is 0 Å². The van der Waals surface area contributed by atoms with E-state index in [1.165, 1.54) is 27.2 Å². The van der Waals surface area contributed by atoms with E-state index in [4.69, 9.17) is 18.9 Å². The first-order valence-corrected chi connectivity index (χ1v) is 7.18. The van der Waals surface area contributed by atoms with Crippen molar-refractivity contribution in [2.75, 3.05) is 21.0 Å². The van der Waals surface area contributed by atoms with Crippen molar-refractivity contribution >= 4 is 11.8 Å². The molecule has 0 spiro atoms. The fourth-order valence-electron chi connectivity index (χ4n) is 1.98. The van der Waals surface area contributed by atoms with Crippen LogP contribution in [0.25, 0.3) is 0 Å². The molecule has 0 aliphatic rings. The van der Waals surface area contributed by atoms with E-state index in [0.717, 1.165) is 0 Å². The van der Waals surface area contributed by atoms with Crippen molar-refractivity contribution in [3.63, 3.8) is 0 Å². The number of rotatable bonds is 7. The van der Waals surface area contributed by atoms with E-state index in [-0.39, 0.29) is 18.3 Å². The maximum atomic E-state index is 12.3. The Morgan fingerprint density at radius 1 is 0.958 bits per heavy atom. The summed E-state index contributed by atoms with van der Waals surface area (Å²) in [6.07, 6.45) is 0. The molecule has 0 aromatic heterocycles. The smallest absolute Gasteiger partial charge is 0.343 e. The summed E-state index contributed by atoms with van der Waals surface area (Å²) >= 11 is 0. The number of carbonyl (C=O) groups excluding carboxylic acids is 2. The maximum absolute atomic E-state index is 12.3. The first-order valence-electron chi connectivity index (χ1n) is 7.18. The predicted octanol–water partition coefficient (Wildman–Crippen LogP) is 3.10. The highest BCUT2D eigenvalue weighted by Gasteiger charge is 2.15. The van der Waals surface area contributed by atoms with E-state index in [1.807, 2.05) is 0 Å². The number of hydrogen-bond acceptors (Lipinski definition) is 6. The molecule has 0 radical (unpaired) electrons. The average Bonchev–Trinajstić information content (AvgIpc) is 2.59. The van der Waals surface area contributed by atoms with Crippen molar-refractivity contribution in [2.45, 2.75) is 6.92 Å². The van der Waals surface area contributed by atoms with Crippen LogP contribution in [-0.4, -0.2) is 32.8 Å². The molecular weight excluding hydrogens is 312 g/mol. The fraction of sp³-hybridized carbons (Fsp3) is 0.222. The summed E-state index contributed by atoms with van der Waals surface area (Å²) in [4.78, 5) is 24.0. The molecule has 2 rings (SSSR count). The second-order valence-corrected chi connectivity index (χ2v) is 4.88. The lowest BCUT2D eigenvalue weighted by molar-refractivity contribution is 0.0508. The van der Waals surface area contributed by atoms with E-state index in [1.54, 1.807) is 36.4 Å². The van der Waals surface area contributed by atoms with Crippen molar-refractivity contribution in [3.8, 4) is 17.2 Å². The molecule has 6 nitrogen and oxygen atoms in total. The number of esters is 1. The zero-order chi connectivity index (χ0) is 17.5. The molecule has 0 aliphatic heterocycles. The third-order valence-electron chi connectivity index (χ3n) is 3.20. The van der Waals surface area contributed by atoms with E-state index >= 15 is 0 Å². The number of carbonyl (C=O) groups is 2. The Morgan fingerprint density at radius 2 is 1.62 bits per heavy atom. The van der Waals surface area contributed by atoms with Gasteiger partial charge in [-0.05, 0) is 43.3 Å². The largest absolute Gasteiger partial charge is 0.497 e. The number of hydrogen-bond donors (Lipinski definition) is 0. The van der Waals surface area contributed by atoms with Crippen molar-refractivity contribution in [3.05, 3.63) is 53.6 Å². The van der Waals surface area contributed by atoms with Gasteiger partial charge in [-0.25, -0.2) is 4.79 Å². The Morgan fingerprint density at radius 3 is 2.21 bits per heavy atom. The van der Waals surface area contributed by atoms with Crippen LogP contribution in [0.15, 0.2) is 42.5 Å². The lowest BCUT2D eigenvalue weighted by Crippen LogP contribution is -2.11. The normalized spacial score (nSPS) is 10.1. The molecule has 0 fully saturated rings.